The number of ether oxygens (including phenoxy) is 4. The Bertz CT molecular complexity index is 1140. The number of carbonyl (C=O) groups excluding carboxylic acids is 2. The van der Waals surface area contributed by atoms with Crippen molar-refractivity contribution in [3.63, 3.8) is 0 Å². The van der Waals surface area contributed by atoms with Crippen LogP contribution in [0.15, 0.2) is 72.9 Å². The molecule has 1 rings (SSSR count). The van der Waals surface area contributed by atoms with Crippen LogP contribution in [0.4, 0.5) is 0 Å². The molecule has 0 aromatic rings. The number of hydrogen-bond donors (Lipinski definition) is 4. The van der Waals surface area contributed by atoms with E-state index in [1.165, 1.54) is 32.1 Å². The van der Waals surface area contributed by atoms with Crippen LogP contribution >= 0.6 is 0 Å². The molecular formula is C46H76O10. The molecule has 10 heteroatoms. The summed E-state index contributed by atoms with van der Waals surface area (Å²) in [5, 5.41) is 40.0. The maximum atomic E-state index is 12.7. The second-order valence-corrected chi connectivity index (χ2v) is 14.4. The normalized spacial score (nSPS) is 21.1. The Balaban J connectivity index is 2.41. The molecule has 0 aromatic carbocycles. The van der Waals surface area contributed by atoms with Crippen molar-refractivity contribution < 1.29 is 49.0 Å². The highest BCUT2D eigenvalue weighted by Crippen LogP contribution is 2.22. The maximum Gasteiger partial charge on any atom is 0.306 e. The zero-order valence-corrected chi connectivity index (χ0v) is 34.6. The van der Waals surface area contributed by atoms with E-state index >= 15 is 0 Å². The molecule has 0 aromatic heterocycles. The van der Waals surface area contributed by atoms with Gasteiger partial charge in [0.05, 0.1) is 13.2 Å². The van der Waals surface area contributed by atoms with Crippen LogP contribution in [0.5, 0.6) is 0 Å². The molecule has 0 bridgehead atoms. The van der Waals surface area contributed by atoms with E-state index in [1.54, 1.807) is 0 Å². The fourth-order valence-corrected chi connectivity index (χ4v) is 5.92. The molecule has 0 amide bonds. The van der Waals surface area contributed by atoms with Gasteiger partial charge in [-0.3, -0.25) is 9.59 Å². The van der Waals surface area contributed by atoms with Gasteiger partial charge in [0.25, 0.3) is 0 Å². The third-order valence-electron chi connectivity index (χ3n) is 9.33. The summed E-state index contributed by atoms with van der Waals surface area (Å²) in [7, 11) is 0. The monoisotopic (exact) mass is 789 g/mol. The zero-order valence-electron chi connectivity index (χ0n) is 34.6. The fraction of sp³-hybridized carbons (Fsp3) is 0.696. The lowest BCUT2D eigenvalue weighted by molar-refractivity contribution is -0.305. The van der Waals surface area contributed by atoms with Crippen LogP contribution in [-0.2, 0) is 28.5 Å². The highest BCUT2D eigenvalue weighted by Gasteiger charge is 2.44. The minimum atomic E-state index is -1.61. The van der Waals surface area contributed by atoms with Crippen LogP contribution in [0, 0.1) is 0 Å². The molecule has 320 valence electrons. The Morgan fingerprint density at radius 2 is 1.07 bits per heavy atom. The third kappa shape index (κ3) is 27.7. The Kier molecular flexibility index (Phi) is 33.3. The first-order valence-corrected chi connectivity index (χ1v) is 21.5. The summed E-state index contributed by atoms with van der Waals surface area (Å²) < 4.78 is 22.1. The SMILES string of the molecule is CC/C=C/C/C=C/C/C=C/C/C=C/C/C=C/CCCC(=O)OC[C@@H](CO[C@H]1O[C@@H](CO)[C@@H](O)C(O)C1O)OC(=O)CCCCCCC/C=C/CCCCCCC. The first-order valence-electron chi connectivity index (χ1n) is 21.5. The summed E-state index contributed by atoms with van der Waals surface area (Å²) in [5.74, 6) is -0.892. The Labute approximate surface area is 338 Å². The Morgan fingerprint density at radius 3 is 1.66 bits per heavy atom. The van der Waals surface area contributed by atoms with Gasteiger partial charge in [-0.15, -0.1) is 0 Å². The van der Waals surface area contributed by atoms with Crippen molar-refractivity contribution in [1.29, 1.82) is 0 Å². The van der Waals surface area contributed by atoms with Gasteiger partial charge in [-0.1, -0.05) is 132 Å². The van der Waals surface area contributed by atoms with Gasteiger partial charge >= 0.3 is 11.9 Å². The van der Waals surface area contributed by atoms with E-state index in [9.17, 15) is 30.0 Å². The van der Waals surface area contributed by atoms with Crippen molar-refractivity contribution in [2.24, 2.45) is 0 Å². The standard InChI is InChI=1S/C46H76O10/c1-3-5-7-9-11-13-15-17-19-20-21-23-24-26-28-30-32-34-41(48)53-37-39(38-54-46-45(52)44(51)43(50)40(36-47)56-46)55-42(49)35-33-31-29-27-25-22-18-16-14-12-10-8-6-4-2/h5,7,11,13,16-19,21,23,26,28,39-40,43-47,50-52H,3-4,6,8-10,12,14-15,20,22,24-25,27,29-38H2,1-2H3/b7-5+,13-11+,18-16+,19-17+,23-21+,28-26+/t39-,40-,43+,44?,45?,46-/m0/s1. The molecule has 6 atom stereocenters. The second kappa shape index (κ2) is 36.5. The molecule has 10 nitrogen and oxygen atoms in total. The van der Waals surface area contributed by atoms with Crippen LogP contribution in [-0.4, -0.2) is 89.0 Å². The average molecular weight is 789 g/mol. The van der Waals surface area contributed by atoms with Crippen molar-refractivity contribution >= 4 is 11.9 Å². The van der Waals surface area contributed by atoms with Gasteiger partial charge in [-0.05, 0) is 77.0 Å². The quantitative estimate of drug-likeness (QED) is 0.0283. The van der Waals surface area contributed by atoms with E-state index in [4.69, 9.17) is 18.9 Å². The topological polar surface area (TPSA) is 152 Å². The first-order chi connectivity index (χ1) is 27.3. The molecule has 1 heterocycles. The summed E-state index contributed by atoms with van der Waals surface area (Å²) >= 11 is 0. The predicted molar refractivity (Wildman–Crippen MR) is 224 cm³/mol. The average Bonchev–Trinajstić information content (AvgIpc) is 3.19. The third-order valence-corrected chi connectivity index (χ3v) is 9.33. The molecule has 1 saturated heterocycles. The Hall–Kier alpha value is -2.86. The fourth-order valence-electron chi connectivity index (χ4n) is 5.92. The number of unbranched alkanes of at least 4 members (excludes halogenated alkanes) is 11. The van der Waals surface area contributed by atoms with E-state index < -0.39 is 55.4 Å². The van der Waals surface area contributed by atoms with E-state index in [2.05, 4.69) is 80.7 Å². The largest absolute Gasteiger partial charge is 0.462 e. The highest BCUT2D eigenvalue weighted by atomic mass is 16.7. The zero-order chi connectivity index (χ0) is 40.9. The van der Waals surface area contributed by atoms with Crippen LogP contribution in [0.2, 0.25) is 0 Å². The van der Waals surface area contributed by atoms with E-state index in [0.717, 1.165) is 77.0 Å². The molecule has 0 aliphatic carbocycles. The summed E-state index contributed by atoms with van der Waals surface area (Å²) in [6, 6.07) is 0. The van der Waals surface area contributed by atoms with Crippen LogP contribution in [0.25, 0.3) is 0 Å². The summed E-state index contributed by atoms with van der Waals surface area (Å²) in [6.07, 6.45) is 37.7. The lowest BCUT2D eigenvalue weighted by Crippen LogP contribution is -2.59. The molecule has 2 unspecified atom stereocenters. The van der Waals surface area contributed by atoms with Crippen LogP contribution in [0.1, 0.15) is 149 Å². The number of carbonyl (C=O) groups is 2. The van der Waals surface area contributed by atoms with Crippen molar-refractivity contribution in [3.05, 3.63) is 72.9 Å². The van der Waals surface area contributed by atoms with Gasteiger partial charge in [-0.2, -0.15) is 0 Å². The van der Waals surface area contributed by atoms with Crippen molar-refractivity contribution in [3.8, 4) is 0 Å². The van der Waals surface area contributed by atoms with Crippen molar-refractivity contribution in [2.75, 3.05) is 19.8 Å². The summed E-state index contributed by atoms with van der Waals surface area (Å²) in [5.41, 5.74) is 0. The molecule has 1 aliphatic heterocycles. The molecule has 1 fully saturated rings. The second-order valence-electron chi connectivity index (χ2n) is 14.4. The summed E-state index contributed by atoms with van der Waals surface area (Å²) in [4.78, 5) is 25.3. The lowest BCUT2D eigenvalue weighted by Gasteiger charge is -2.39. The van der Waals surface area contributed by atoms with Gasteiger partial charge in [-0.25, -0.2) is 0 Å². The minimum absolute atomic E-state index is 0.192. The van der Waals surface area contributed by atoms with Gasteiger partial charge in [0, 0.05) is 12.8 Å². The van der Waals surface area contributed by atoms with Gasteiger partial charge in [0.15, 0.2) is 12.4 Å². The predicted octanol–water partition coefficient (Wildman–Crippen LogP) is 8.83. The van der Waals surface area contributed by atoms with Gasteiger partial charge < -0.3 is 39.4 Å². The van der Waals surface area contributed by atoms with E-state index in [0.29, 0.717) is 12.8 Å². The van der Waals surface area contributed by atoms with E-state index in [-0.39, 0.29) is 26.1 Å². The molecule has 0 saturated carbocycles. The first kappa shape index (κ1) is 51.2. The van der Waals surface area contributed by atoms with Gasteiger partial charge in [0.2, 0.25) is 0 Å². The summed E-state index contributed by atoms with van der Waals surface area (Å²) in [6.45, 7) is 3.21. The molecule has 4 N–H and O–H groups in total. The van der Waals surface area contributed by atoms with Crippen molar-refractivity contribution in [2.45, 2.75) is 185 Å². The van der Waals surface area contributed by atoms with E-state index in [1.807, 2.05) is 6.08 Å². The molecule has 56 heavy (non-hydrogen) atoms. The molecular weight excluding hydrogens is 712 g/mol. The maximum absolute atomic E-state index is 12.7. The molecule has 0 radical (unpaired) electrons. The minimum Gasteiger partial charge on any atom is -0.462 e. The van der Waals surface area contributed by atoms with Crippen LogP contribution < -0.4 is 0 Å². The lowest BCUT2D eigenvalue weighted by atomic mass is 9.99. The number of aliphatic hydroxyl groups is 4. The molecule has 1 aliphatic rings. The van der Waals surface area contributed by atoms with Crippen molar-refractivity contribution in [1.82, 2.24) is 0 Å². The smallest absolute Gasteiger partial charge is 0.306 e. The number of aliphatic hydroxyl groups excluding tert-OH is 4. The van der Waals surface area contributed by atoms with Gasteiger partial charge in [0.1, 0.15) is 31.0 Å². The number of allylic oxidation sites excluding steroid dienone is 12. The number of rotatable bonds is 34. The molecule has 0 spiro atoms. The number of hydrogen-bond acceptors (Lipinski definition) is 10. The Morgan fingerprint density at radius 1 is 0.571 bits per heavy atom. The van der Waals surface area contributed by atoms with Crippen LogP contribution in [0.3, 0.4) is 0 Å². The highest BCUT2D eigenvalue weighted by molar-refractivity contribution is 5.70. The number of esters is 2.